The van der Waals surface area contributed by atoms with Crippen LogP contribution in [0.3, 0.4) is 0 Å². The summed E-state index contributed by atoms with van der Waals surface area (Å²) in [5, 5.41) is 0. The number of hydrogen-bond acceptors (Lipinski definition) is 3. The van der Waals surface area contributed by atoms with Crippen LogP contribution in [-0.2, 0) is 10.0 Å². The van der Waals surface area contributed by atoms with Gasteiger partial charge in [-0.2, -0.15) is 4.31 Å². The number of nitrogens with zero attached hydrogens (tertiary/aromatic N) is 2. The summed E-state index contributed by atoms with van der Waals surface area (Å²) < 4.78 is 27.2. The fourth-order valence-corrected chi connectivity index (χ4v) is 3.90. The lowest BCUT2D eigenvalue weighted by Crippen LogP contribution is -2.43. The maximum atomic E-state index is 12.7. The van der Waals surface area contributed by atoms with E-state index in [0.29, 0.717) is 4.47 Å². The van der Waals surface area contributed by atoms with Crippen molar-refractivity contribution in [3.05, 3.63) is 22.7 Å². The van der Waals surface area contributed by atoms with Crippen LogP contribution in [0.1, 0.15) is 13.8 Å². The van der Waals surface area contributed by atoms with E-state index >= 15 is 0 Å². The average molecular weight is 359 g/mol. The first-order valence-corrected chi connectivity index (χ1v) is 8.21. The SMILES string of the molecule is C#CC(C)(C)N(C)S(=O)(=O)c1cc(N(C)C)ccc1Br. The highest BCUT2D eigenvalue weighted by atomic mass is 79.9. The van der Waals surface area contributed by atoms with Gasteiger partial charge >= 0.3 is 0 Å². The first-order valence-electron chi connectivity index (χ1n) is 5.97. The number of hydrogen-bond donors (Lipinski definition) is 0. The topological polar surface area (TPSA) is 40.6 Å². The van der Waals surface area contributed by atoms with E-state index in [-0.39, 0.29) is 4.90 Å². The van der Waals surface area contributed by atoms with Crippen molar-refractivity contribution in [3.8, 4) is 12.3 Å². The smallest absolute Gasteiger partial charge is 0.245 e. The van der Waals surface area contributed by atoms with E-state index in [1.54, 1.807) is 26.0 Å². The van der Waals surface area contributed by atoms with E-state index in [2.05, 4.69) is 21.9 Å². The average Bonchev–Trinajstić information content (AvgIpc) is 2.37. The third-order valence-electron chi connectivity index (χ3n) is 3.21. The minimum Gasteiger partial charge on any atom is -0.378 e. The molecule has 1 aromatic rings. The monoisotopic (exact) mass is 358 g/mol. The standard InChI is InChI=1S/C14H19BrN2O2S/c1-7-14(2,3)17(6)20(18,19)13-10-11(16(4)5)8-9-12(13)15/h1,8-10H,2-6H3. The summed E-state index contributed by atoms with van der Waals surface area (Å²) in [5.74, 6) is 2.49. The summed E-state index contributed by atoms with van der Waals surface area (Å²) in [6.07, 6.45) is 5.42. The molecule has 0 aromatic heterocycles. The molecular formula is C14H19BrN2O2S. The second-order valence-electron chi connectivity index (χ2n) is 5.19. The molecule has 0 heterocycles. The Morgan fingerprint density at radius 1 is 1.25 bits per heavy atom. The molecule has 0 saturated heterocycles. The van der Waals surface area contributed by atoms with Gasteiger partial charge in [0.1, 0.15) is 0 Å². The molecule has 0 aliphatic rings. The molecule has 0 saturated carbocycles. The Labute approximate surface area is 129 Å². The third-order valence-corrected chi connectivity index (χ3v) is 6.24. The van der Waals surface area contributed by atoms with E-state index in [4.69, 9.17) is 6.42 Å². The lowest BCUT2D eigenvalue weighted by atomic mass is 10.1. The Hall–Kier alpha value is -1.03. The summed E-state index contributed by atoms with van der Waals surface area (Å²) in [4.78, 5) is 2.05. The van der Waals surface area contributed by atoms with E-state index in [1.165, 1.54) is 11.4 Å². The van der Waals surface area contributed by atoms with Gasteiger partial charge in [0.2, 0.25) is 10.0 Å². The molecular weight excluding hydrogens is 340 g/mol. The van der Waals surface area contributed by atoms with Crippen molar-refractivity contribution in [2.24, 2.45) is 0 Å². The normalized spacial score (nSPS) is 12.3. The fourth-order valence-electron chi connectivity index (χ4n) is 1.51. The number of rotatable bonds is 4. The number of halogens is 1. The summed E-state index contributed by atoms with van der Waals surface area (Å²) in [7, 11) is 1.52. The van der Waals surface area contributed by atoms with Crippen molar-refractivity contribution in [2.75, 3.05) is 26.0 Å². The second-order valence-corrected chi connectivity index (χ2v) is 7.98. The maximum Gasteiger partial charge on any atom is 0.245 e. The molecule has 0 amide bonds. The maximum absolute atomic E-state index is 12.7. The Balaban J connectivity index is 3.44. The van der Waals surface area contributed by atoms with Crippen LogP contribution < -0.4 is 4.90 Å². The molecule has 0 spiro atoms. The van der Waals surface area contributed by atoms with Gasteiger partial charge in [0.25, 0.3) is 0 Å². The summed E-state index contributed by atoms with van der Waals surface area (Å²) in [6, 6.07) is 5.19. The Morgan fingerprint density at radius 3 is 2.25 bits per heavy atom. The molecule has 110 valence electrons. The molecule has 6 heteroatoms. The largest absolute Gasteiger partial charge is 0.378 e. The number of benzene rings is 1. The number of sulfonamides is 1. The zero-order valence-electron chi connectivity index (χ0n) is 12.3. The molecule has 0 N–H and O–H groups in total. The molecule has 0 radical (unpaired) electrons. The van der Waals surface area contributed by atoms with Crippen LogP contribution in [0.25, 0.3) is 0 Å². The second kappa shape index (κ2) is 5.76. The lowest BCUT2D eigenvalue weighted by molar-refractivity contribution is 0.340. The van der Waals surface area contributed by atoms with Gasteiger partial charge in [0.15, 0.2) is 0 Å². The highest BCUT2D eigenvalue weighted by Crippen LogP contribution is 2.31. The van der Waals surface area contributed by atoms with E-state index in [9.17, 15) is 8.42 Å². The number of terminal acetylenes is 1. The predicted octanol–water partition coefficient (Wildman–Crippen LogP) is 2.55. The van der Waals surface area contributed by atoms with Crippen LogP contribution in [0.4, 0.5) is 5.69 Å². The molecule has 0 aliphatic heterocycles. The van der Waals surface area contributed by atoms with Gasteiger partial charge in [-0.15, -0.1) is 6.42 Å². The summed E-state index contributed by atoms with van der Waals surface area (Å²) >= 11 is 3.30. The zero-order valence-corrected chi connectivity index (χ0v) is 14.7. The quantitative estimate of drug-likeness (QED) is 0.776. The van der Waals surface area contributed by atoms with Gasteiger partial charge in [-0.25, -0.2) is 8.42 Å². The molecule has 0 fully saturated rings. The molecule has 0 bridgehead atoms. The minimum absolute atomic E-state index is 0.203. The molecule has 0 unspecified atom stereocenters. The van der Waals surface area contributed by atoms with Crippen LogP contribution >= 0.6 is 15.9 Å². The van der Waals surface area contributed by atoms with Crippen molar-refractivity contribution in [2.45, 2.75) is 24.3 Å². The van der Waals surface area contributed by atoms with Crippen LogP contribution in [0.5, 0.6) is 0 Å². The van der Waals surface area contributed by atoms with Gasteiger partial charge in [0.05, 0.1) is 10.4 Å². The molecule has 20 heavy (non-hydrogen) atoms. The fraction of sp³-hybridized carbons (Fsp3) is 0.429. The Bertz CT molecular complexity index is 646. The first kappa shape index (κ1) is 17.0. The highest BCUT2D eigenvalue weighted by molar-refractivity contribution is 9.10. The van der Waals surface area contributed by atoms with Gasteiger partial charge < -0.3 is 4.90 Å². The predicted molar refractivity (Wildman–Crippen MR) is 86.3 cm³/mol. The zero-order chi connectivity index (χ0) is 15.7. The Kier molecular flexibility index (Phi) is 4.90. The van der Waals surface area contributed by atoms with Crippen molar-refractivity contribution >= 4 is 31.6 Å². The minimum atomic E-state index is -3.68. The number of anilines is 1. The van der Waals surface area contributed by atoms with Gasteiger partial charge in [0, 0.05) is 31.3 Å². The van der Waals surface area contributed by atoms with Gasteiger partial charge in [-0.3, -0.25) is 0 Å². The van der Waals surface area contributed by atoms with Crippen LogP contribution in [0.2, 0.25) is 0 Å². The van der Waals surface area contributed by atoms with Crippen LogP contribution in [0.15, 0.2) is 27.6 Å². The third kappa shape index (κ3) is 3.17. The lowest BCUT2D eigenvalue weighted by Gasteiger charge is -2.30. The van der Waals surface area contributed by atoms with Crippen molar-refractivity contribution < 1.29 is 8.42 Å². The van der Waals surface area contributed by atoms with Gasteiger partial charge in [-0.05, 0) is 48.0 Å². The van der Waals surface area contributed by atoms with Gasteiger partial charge in [-0.1, -0.05) is 5.92 Å². The Morgan fingerprint density at radius 2 is 1.80 bits per heavy atom. The molecule has 1 aromatic carbocycles. The van der Waals surface area contributed by atoms with Crippen molar-refractivity contribution in [3.63, 3.8) is 0 Å². The highest BCUT2D eigenvalue weighted by Gasteiger charge is 2.34. The molecule has 0 atom stereocenters. The van der Waals surface area contributed by atoms with Crippen molar-refractivity contribution in [1.29, 1.82) is 0 Å². The van der Waals surface area contributed by atoms with Crippen LogP contribution in [0, 0.1) is 12.3 Å². The van der Waals surface area contributed by atoms with Crippen LogP contribution in [-0.4, -0.2) is 39.4 Å². The first-order chi connectivity index (χ1) is 9.04. The van der Waals surface area contributed by atoms with Crippen molar-refractivity contribution in [1.82, 2.24) is 4.31 Å². The molecule has 1 rings (SSSR count). The summed E-state index contributed by atoms with van der Waals surface area (Å²) in [5.41, 5.74) is -0.0921. The van der Waals surface area contributed by atoms with E-state index < -0.39 is 15.6 Å². The molecule has 4 nitrogen and oxygen atoms in total. The molecule has 0 aliphatic carbocycles. The van der Waals surface area contributed by atoms with E-state index in [1.807, 2.05) is 25.1 Å². The summed E-state index contributed by atoms with van der Waals surface area (Å²) in [6.45, 7) is 3.38. The van der Waals surface area contributed by atoms with E-state index in [0.717, 1.165) is 5.69 Å².